The third-order valence-electron chi connectivity index (χ3n) is 7.03. The van der Waals surface area contributed by atoms with Crippen molar-refractivity contribution >= 4 is 0 Å². The molecule has 0 atom stereocenters. The molecule has 0 heteroatoms. The zero-order valence-electron chi connectivity index (χ0n) is 33.6. The first kappa shape index (κ1) is 53.6. The molecule has 0 unspecified atom stereocenters. The lowest BCUT2D eigenvalue weighted by Crippen LogP contribution is -1.85. The standard InChI is InChI=1S/2C6H12.C6H6.3C6H14.2C2H6.C2H5.H/c1-6-4-2-3-5-6;2*1-2-4-6-5-3-1;1-4-5-6(2)3;1-4-6(3)5-2;1-3-5-6-4-2;3*1-2;/h6H,2-5H2,1H3;1-6H2;1-6H;2*6H,4-5H2,1-3H3;3-6H2,1-2H3;2*1-2H3;1H2,2H3;/q;;;;;;;;+1;-1. The van der Waals surface area contributed by atoms with Gasteiger partial charge in [-0.05, 0) is 17.8 Å². The smallest absolute Gasteiger partial charge is 0.0746 e. The summed E-state index contributed by atoms with van der Waals surface area (Å²) >= 11 is 0. The lowest BCUT2D eigenvalue weighted by Gasteiger charge is -2.05. The maximum Gasteiger partial charge on any atom is 0.0746 e. The van der Waals surface area contributed by atoms with E-state index in [9.17, 15) is 0 Å². The molecule has 2 aliphatic carbocycles. The third-order valence-corrected chi connectivity index (χ3v) is 7.03. The number of rotatable bonds is 7. The highest BCUT2D eigenvalue weighted by atomic mass is 14.1. The minimum Gasteiger partial charge on any atom is -1.00 e. The van der Waals surface area contributed by atoms with Crippen molar-refractivity contribution < 1.29 is 1.43 Å². The van der Waals surface area contributed by atoms with E-state index in [1.807, 2.05) is 64.1 Å². The van der Waals surface area contributed by atoms with Crippen LogP contribution in [0.4, 0.5) is 0 Å². The fraction of sp³-hybridized carbons (Fsp3) is 0.833. The molecular formula is C42H90. The molecule has 2 fully saturated rings. The van der Waals surface area contributed by atoms with E-state index in [1.165, 1.54) is 116 Å². The second kappa shape index (κ2) is 59.5. The van der Waals surface area contributed by atoms with E-state index in [0.717, 1.165) is 17.8 Å². The molecule has 2 aliphatic rings. The van der Waals surface area contributed by atoms with Crippen LogP contribution in [-0.2, 0) is 0 Å². The van der Waals surface area contributed by atoms with Crippen LogP contribution in [0.1, 0.15) is 214 Å². The van der Waals surface area contributed by atoms with E-state index >= 15 is 0 Å². The van der Waals surface area contributed by atoms with Gasteiger partial charge in [0.15, 0.2) is 0 Å². The van der Waals surface area contributed by atoms with Gasteiger partial charge in [-0.15, -0.1) is 0 Å². The topological polar surface area (TPSA) is 0 Å². The SMILES string of the molecule is C1CCCCC1.CC.CC.CC1CCCC1.CCC(C)CC.CCCC(C)C.CCCCCC.[CH2+]C.[H-].c1ccccc1. The highest BCUT2D eigenvalue weighted by molar-refractivity contribution is 4.99. The van der Waals surface area contributed by atoms with E-state index < -0.39 is 0 Å². The van der Waals surface area contributed by atoms with Gasteiger partial charge in [0.2, 0.25) is 0 Å². The predicted molar refractivity (Wildman–Crippen MR) is 206 cm³/mol. The van der Waals surface area contributed by atoms with Crippen LogP contribution >= 0.6 is 0 Å². The number of unbranched alkanes of at least 4 members (excludes halogenated alkanes) is 3. The van der Waals surface area contributed by atoms with Crippen LogP contribution in [0, 0.1) is 24.7 Å². The molecule has 0 amide bonds. The van der Waals surface area contributed by atoms with Gasteiger partial charge in [0.1, 0.15) is 0 Å². The molecule has 1 aromatic rings. The van der Waals surface area contributed by atoms with Crippen LogP contribution in [0.5, 0.6) is 0 Å². The summed E-state index contributed by atoms with van der Waals surface area (Å²) in [4.78, 5) is 0. The van der Waals surface area contributed by atoms with Gasteiger partial charge in [-0.2, -0.15) is 0 Å². The van der Waals surface area contributed by atoms with Gasteiger partial charge in [0, 0.05) is 0 Å². The van der Waals surface area contributed by atoms with E-state index in [4.69, 9.17) is 0 Å². The number of hydrogen-bond donors (Lipinski definition) is 0. The van der Waals surface area contributed by atoms with E-state index in [1.54, 1.807) is 6.92 Å². The van der Waals surface area contributed by atoms with Crippen molar-refractivity contribution in [1.29, 1.82) is 0 Å². The van der Waals surface area contributed by atoms with Gasteiger partial charge < -0.3 is 1.43 Å². The first-order valence-electron chi connectivity index (χ1n) is 19.1. The normalized spacial score (nSPS) is 12.8. The Bertz CT molecular complexity index is 385. The summed E-state index contributed by atoms with van der Waals surface area (Å²) in [6.07, 6.45) is 25.8. The summed E-state index contributed by atoms with van der Waals surface area (Å²) in [5.41, 5.74) is 0. The van der Waals surface area contributed by atoms with Crippen molar-refractivity contribution in [3.8, 4) is 0 Å². The lowest BCUT2D eigenvalue weighted by molar-refractivity contribution is 0.504. The molecule has 0 radical (unpaired) electrons. The average Bonchev–Trinajstić information content (AvgIpc) is 3.56. The summed E-state index contributed by atoms with van der Waals surface area (Å²) < 4.78 is 0. The number of hydrogen-bond acceptors (Lipinski definition) is 0. The van der Waals surface area contributed by atoms with Crippen LogP contribution < -0.4 is 0 Å². The summed E-state index contributed by atoms with van der Waals surface area (Å²) in [5.74, 6) is 2.88. The quantitative estimate of drug-likeness (QED) is 0.217. The van der Waals surface area contributed by atoms with E-state index in [2.05, 4.69) is 69.2 Å². The van der Waals surface area contributed by atoms with Crippen molar-refractivity contribution in [2.45, 2.75) is 213 Å². The minimum absolute atomic E-state index is 0. The Morgan fingerprint density at radius 2 is 0.833 bits per heavy atom. The highest BCUT2D eigenvalue weighted by Crippen LogP contribution is 2.23. The molecule has 0 aliphatic heterocycles. The van der Waals surface area contributed by atoms with Crippen molar-refractivity contribution in [1.82, 2.24) is 0 Å². The van der Waals surface area contributed by atoms with Gasteiger partial charge in [0.25, 0.3) is 0 Å². The van der Waals surface area contributed by atoms with Gasteiger partial charge >= 0.3 is 0 Å². The molecule has 1 aromatic carbocycles. The predicted octanol–water partition coefficient (Wildman–Crippen LogP) is 16.7. The maximum absolute atomic E-state index is 3.25. The molecule has 0 bridgehead atoms. The Labute approximate surface area is 274 Å². The second-order valence-electron chi connectivity index (χ2n) is 11.5. The Morgan fingerprint density at radius 1 is 0.548 bits per heavy atom. The van der Waals surface area contributed by atoms with Crippen LogP contribution in [-0.4, -0.2) is 0 Å². The Hall–Kier alpha value is -0.910. The molecule has 2 saturated carbocycles. The lowest BCUT2D eigenvalue weighted by atomic mass is 10.0. The summed E-state index contributed by atoms with van der Waals surface area (Å²) in [7, 11) is 0. The number of benzene rings is 1. The molecule has 0 heterocycles. The van der Waals surface area contributed by atoms with Gasteiger partial charge in [-0.3, -0.25) is 0 Å². The molecule has 0 nitrogen and oxygen atoms in total. The Morgan fingerprint density at radius 3 is 0.929 bits per heavy atom. The van der Waals surface area contributed by atoms with E-state index in [-0.39, 0.29) is 1.43 Å². The molecule has 258 valence electrons. The first-order chi connectivity index (χ1) is 20.4. The van der Waals surface area contributed by atoms with Crippen LogP contribution in [0.25, 0.3) is 0 Å². The monoisotopic (exact) mass is 595 g/mol. The maximum atomic E-state index is 3.25. The Kier molecular flexibility index (Phi) is 76.0. The summed E-state index contributed by atoms with van der Waals surface area (Å²) in [5, 5.41) is 0. The molecule has 0 aromatic heterocycles. The largest absolute Gasteiger partial charge is 1.00 e. The van der Waals surface area contributed by atoms with Gasteiger partial charge in [-0.1, -0.05) is 242 Å². The van der Waals surface area contributed by atoms with E-state index in [0.29, 0.717) is 0 Å². The van der Waals surface area contributed by atoms with Gasteiger partial charge in [-0.25, -0.2) is 0 Å². The summed E-state index contributed by atoms with van der Waals surface area (Å²) in [6.45, 7) is 33.3. The van der Waals surface area contributed by atoms with Crippen molar-refractivity contribution in [3.05, 3.63) is 43.3 Å². The van der Waals surface area contributed by atoms with Gasteiger partial charge in [0.05, 0.1) is 13.8 Å². The molecule has 0 saturated heterocycles. The third kappa shape index (κ3) is 71.9. The molecule has 42 heavy (non-hydrogen) atoms. The zero-order valence-corrected chi connectivity index (χ0v) is 32.6. The van der Waals surface area contributed by atoms with Crippen molar-refractivity contribution in [2.24, 2.45) is 17.8 Å². The average molecular weight is 595 g/mol. The fourth-order valence-corrected chi connectivity index (χ4v) is 3.94. The first-order valence-corrected chi connectivity index (χ1v) is 19.1. The van der Waals surface area contributed by atoms with Crippen molar-refractivity contribution in [3.63, 3.8) is 0 Å². The second-order valence-corrected chi connectivity index (χ2v) is 11.5. The summed E-state index contributed by atoms with van der Waals surface area (Å²) in [6, 6.07) is 12.0. The molecular weight excluding hydrogens is 504 g/mol. The van der Waals surface area contributed by atoms with Crippen LogP contribution in [0.3, 0.4) is 0 Å². The van der Waals surface area contributed by atoms with Crippen LogP contribution in [0.15, 0.2) is 36.4 Å². The highest BCUT2D eigenvalue weighted by Gasteiger charge is 2.07. The minimum atomic E-state index is 0. The zero-order chi connectivity index (χ0) is 33.7. The molecule has 0 N–H and O–H groups in total. The molecule has 3 rings (SSSR count). The van der Waals surface area contributed by atoms with Crippen molar-refractivity contribution in [2.75, 3.05) is 0 Å². The fourth-order valence-electron chi connectivity index (χ4n) is 3.94. The Balaban J connectivity index is -0.0000000695. The van der Waals surface area contributed by atoms with Crippen LogP contribution in [0.2, 0.25) is 0 Å². The molecule has 0 spiro atoms.